The van der Waals surface area contributed by atoms with Crippen molar-refractivity contribution in [2.24, 2.45) is 0 Å². The predicted molar refractivity (Wildman–Crippen MR) is 68.1 cm³/mol. The number of hydrogen-bond donors (Lipinski definition) is 1. The maximum atomic E-state index is 12.2. The fraction of sp³-hybridized carbons (Fsp3) is 0.545. The van der Waals surface area contributed by atoms with Crippen molar-refractivity contribution < 1.29 is 13.2 Å². The minimum atomic E-state index is -3.58. The van der Waals surface area contributed by atoms with Gasteiger partial charge >= 0.3 is 0 Å². The van der Waals surface area contributed by atoms with Crippen molar-refractivity contribution in [3.05, 3.63) is 24.5 Å². The number of hydrogen-bond acceptors (Lipinski definition) is 4. The average molecular weight is 291 g/mol. The van der Waals surface area contributed by atoms with Crippen molar-refractivity contribution in [2.45, 2.75) is 23.3 Å². The highest BCUT2D eigenvalue weighted by Gasteiger charge is 2.36. The summed E-state index contributed by atoms with van der Waals surface area (Å²) in [7, 11) is -3.58. The van der Waals surface area contributed by atoms with Crippen molar-refractivity contribution in [2.75, 3.05) is 19.1 Å². The highest BCUT2D eigenvalue weighted by molar-refractivity contribution is 7.89. The van der Waals surface area contributed by atoms with E-state index in [9.17, 15) is 8.42 Å². The van der Waals surface area contributed by atoms with Gasteiger partial charge in [-0.15, -0.1) is 11.6 Å². The van der Waals surface area contributed by atoms with Crippen LogP contribution in [0.1, 0.15) is 12.8 Å². The topological polar surface area (TPSA) is 68.3 Å². The van der Waals surface area contributed by atoms with Gasteiger partial charge in [0.25, 0.3) is 0 Å². The molecule has 100 valence electrons. The van der Waals surface area contributed by atoms with Crippen LogP contribution in [0.4, 0.5) is 0 Å². The molecule has 18 heavy (non-hydrogen) atoms. The summed E-state index contributed by atoms with van der Waals surface area (Å²) in [5.41, 5.74) is -0.617. The van der Waals surface area contributed by atoms with E-state index >= 15 is 0 Å². The van der Waals surface area contributed by atoms with Crippen LogP contribution in [-0.4, -0.2) is 38.0 Å². The quantitative estimate of drug-likeness (QED) is 0.845. The van der Waals surface area contributed by atoms with Gasteiger partial charge in [-0.05, 0) is 25.0 Å². The van der Waals surface area contributed by atoms with Gasteiger partial charge < -0.3 is 4.74 Å². The third kappa shape index (κ3) is 3.00. The molecule has 2 rings (SSSR count). The summed E-state index contributed by atoms with van der Waals surface area (Å²) in [5, 5.41) is 0. The summed E-state index contributed by atoms with van der Waals surface area (Å²) >= 11 is 5.93. The second kappa shape index (κ2) is 5.52. The molecule has 0 radical (unpaired) electrons. The van der Waals surface area contributed by atoms with Crippen molar-refractivity contribution >= 4 is 21.6 Å². The smallest absolute Gasteiger partial charge is 0.242 e. The van der Waals surface area contributed by atoms with E-state index in [0.29, 0.717) is 26.1 Å². The summed E-state index contributed by atoms with van der Waals surface area (Å²) in [6.07, 6.45) is 4.01. The minimum absolute atomic E-state index is 0.154. The van der Waals surface area contributed by atoms with E-state index in [-0.39, 0.29) is 10.8 Å². The lowest BCUT2D eigenvalue weighted by Gasteiger charge is -2.35. The van der Waals surface area contributed by atoms with Gasteiger partial charge in [0.2, 0.25) is 10.0 Å². The van der Waals surface area contributed by atoms with Crippen LogP contribution in [-0.2, 0) is 14.8 Å². The van der Waals surface area contributed by atoms with Gasteiger partial charge in [-0.3, -0.25) is 4.98 Å². The maximum Gasteiger partial charge on any atom is 0.242 e. The molecule has 0 saturated carbocycles. The minimum Gasteiger partial charge on any atom is -0.381 e. The number of sulfonamides is 1. The SMILES string of the molecule is O=S(=O)(NC1(CCl)CCOCC1)c1cccnc1. The summed E-state index contributed by atoms with van der Waals surface area (Å²) in [4.78, 5) is 3.97. The molecule has 7 heteroatoms. The molecule has 1 aliphatic rings. The number of alkyl halides is 1. The lowest BCUT2D eigenvalue weighted by atomic mass is 9.94. The predicted octanol–water partition coefficient (Wildman–Crippen LogP) is 1.15. The van der Waals surface area contributed by atoms with Crippen LogP contribution in [0.15, 0.2) is 29.4 Å². The number of aromatic nitrogens is 1. The monoisotopic (exact) mass is 290 g/mol. The molecule has 0 spiro atoms. The Bertz CT molecular complexity index is 486. The van der Waals surface area contributed by atoms with E-state index in [1.165, 1.54) is 18.5 Å². The third-order valence-corrected chi connectivity index (χ3v) is 5.08. The zero-order chi connectivity index (χ0) is 13.1. The van der Waals surface area contributed by atoms with Crippen molar-refractivity contribution in [3.63, 3.8) is 0 Å². The molecule has 1 N–H and O–H groups in total. The molecule has 1 fully saturated rings. The first-order valence-electron chi connectivity index (χ1n) is 5.66. The van der Waals surface area contributed by atoms with Gasteiger partial charge in [0, 0.05) is 31.5 Å². The summed E-state index contributed by atoms with van der Waals surface area (Å²) in [6.45, 7) is 1.03. The fourth-order valence-corrected chi connectivity index (χ4v) is 3.71. The zero-order valence-corrected chi connectivity index (χ0v) is 11.4. The fourth-order valence-electron chi connectivity index (χ4n) is 1.88. The van der Waals surface area contributed by atoms with Crippen molar-refractivity contribution in [1.29, 1.82) is 0 Å². The number of nitrogens with zero attached hydrogens (tertiary/aromatic N) is 1. The van der Waals surface area contributed by atoms with Gasteiger partial charge in [-0.2, -0.15) is 0 Å². The summed E-state index contributed by atoms with van der Waals surface area (Å²) < 4.78 is 32.4. The molecular formula is C11H15ClN2O3S. The van der Waals surface area contributed by atoms with E-state index < -0.39 is 15.6 Å². The van der Waals surface area contributed by atoms with E-state index in [2.05, 4.69) is 9.71 Å². The molecule has 0 atom stereocenters. The zero-order valence-electron chi connectivity index (χ0n) is 9.80. The van der Waals surface area contributed by atoms with E-state index in [0.717, 1.165) is 0 Å². The van der Waals surface area contributed by atoms with Crippen LogP contribution < -0.4 is 4.72 Å². The van der Waals surface area contributed by atoms with Crippen LogP contribution in [0.25, 0.3) is 0 Å². The summed E-state index contributed by atoms with van der Waals surface area (Å²) in [5.74, 6) is 0.232. The molecule has 0 aromatic carbocycles. The first kappa shape index (κ1) is 13.7. The molecule has 0 aliphatic carbocycles. The van der Waals surface area contributed by atoms with Crippen LogP contribution in [0.2, 0.25) is 0 Å². The number of ether oxygens (including phenoxy) is 1. The molecule has 5 nitrogen and oxygen atoms in total. The normalized spacial score (nSPS) is 19.6. The molecule has 1 aromatic rings. The number of halogens is 1. The molecule has 1 aliphatic heterocycles. The van der Waals surface area contributed by atoms with Gasteiger partial charge in [0.15, 0.2) is 0 Å². The Kier molecular flexibility index (Phi) is 4.21. The molecule has 1 saturated heterocycles. The van der Waals surface area contributed by atoms with Gasteiger partial charge in [-0.25, -0.2) is 13.1 Å². The Morgan fingerprint density at radius 3 is 2.72 bits per heavy atom. The Balaban J connectivity index is 2.21. The molecule has 0 bridgehead atoms. The van der Waals surface area contributed by atoms with Crippen molar-refractivity contribution in [3.8, 4) is 0 Å². The Labute approximate surface area is 112 Å². The number of nitrogens with one attached hydrogen (secondary N) is 1. The Hall–Kier alpha value is -0.690. The number of rotatable bonds is 4. The second-order valence-electron chi connectivity index (χ2n) is 4.32. The van der Waals surface area contributed by atoms with Crippen LogP contribution in [0.3, 0.4) is 0 Å². The van der Waals surface area contributed by atoms with Crippen molar-refractivity contribution in [1.82, 2.24) is 9.71 Å². The maximum absolute atomic E-state index is 12.2. The van der Waals surface area contributed by atoms with Gasteiger partial charge in [0.05, 0.1) is 5.54 Å². The van der Waals surface area contributed by atoms with Gasteiger partial charge in [0.1, 0.15) is 4.90 Å². The first-order valence-corrected chi connectivity index (χ1v) is 7.67. The standard InChI is InChI=1S/C11H15ClN2O3S/c12-9-11(3-6-17-7-4-11)14-18(15,16)10-2-1-5-13-8-10/h1-2,5,8,14H,3-4,6-7,9H2. The largest absolute Gasteiger partial charge is 0.381 e. The lowest BCUT2D eigenvalue weighted by Crippen LogP contribution is -2.53. The Morgan fingerprint density at radius 1 is 1.44 bits per heavy atom. The lowest BCUT2D eigenvalue weighted by molar-refractivity contribution is 0.0549. The van der Waals surface area contributed by atoms with E-state index in [1.807, 2.05) is 0 Å². The van der Waals surface area contributed by atoms with Crippen LogP contribution in [0.5, 0.6) is 0 Å². The van der Waals surface area contributed by atoms with Crippen LogP contribution in [0, 0.1) is 0 Å². The molecule has 0 amide bonds. The highest BCUT2D eigenvalue weighted by Crippen LogP contribution is 2.24. The van der Waals surface area contributed by atoms with Crippen LogP contribution >= 0.6 is 11.6 Å². The summed E-state index contributed by atoms with van der Waals surface area (Å²) in [6, 6.07) is 3.10. The number of pyridine rings is 1. The molecule has 2 heterocycles. The third-order valence-electron chi connectivity index (χ3n) is 3.00. The van der Waals surface area contributed by atoms with E-state index in [4.69, 9.17) is 16.3 Å². The highest BCUT2D eigenvalue weighted by atomic mass is 35.5. The second-order valence-corrected chi connectivity index (χ2v) is 6.27. The molecular weight excluding hydrogens is 276 g/mol. The Morgan fingerprint density at radius 2 is 2.17 bits per heavy atom. The first-order chi connectivity index (χ1) is 8.58. The molecule has 1 aromatic heterocycles. The average Bonchev–Trinajstić information content (AvgIpc) is 2.40. The molecule has 0 unspecified atom stereocenters. The van der Waals surface area contributed by atoms with E-state index in [1.54, 1.807) is 6.07 Å². The van der Waals surface area contributed by atoms with Gasteiger partial charge in [-0.1, -0.05) is 0 Å².